The van der Waals surface area contributed by atoms with E-state index in [4.69, 9.17) is 0 Å². The Morgan fingerprint density at radius 3 is 2.85 bits per heavy atom. The van der Waals surface area contributed by atoms with E-state index in [2.05, 4.69) is 21.2 Å². The molecular weight excluding hydrogens is 236 g/mol. The molecule has 0 aromatic rings. The smallest absolute Gasteiger partial charge is 0.220 e. The number of ketones is 1. The number of hydrogen-bond acceptors (Lipinski definition) is 3. The van der Waals surface area contributed by atoms with Gasteiger partial charge in [0.2, 0.25) is 5.91 Å². The molecule has 1 heterocycles. The summed E-state index contributed by atoms with van der Waals surface area (Å²) in [5.74, 6) is 0.0307. The summed E-state index contributed by atoms with van der Waals surface area (Å²) in [6.07, 6.45) is 0. The molecule has 0 aromatic heterocycles. The van der Waals surface area contributed by atoms with E-state index in [1.165, 1.54) is 6.92 Å². The molecule has 1 amide bonds. The van der Waals surface area contributed by atoms with Crippen LogP contribution >= 0.6 is 15.9 Å². The molecule has 13 heavy (non-hydrogen) atoms. The third-order valence-corrected chi connectivity index (χ3v) is 2.70. The van der Waals surface area contributed by atoms with Gasteiger partial charge in [0, 0.05) is 26.6 Å². The number of hydrogen-bond donors (Lipinski definition) is 1. The van der Waals surface area contributed by atoms with E-state index in [1.807, 2.05) is 0 Å². The Hall–Kier alpha value is -0.420. The predicted molar refractivity (Wildman–Crippen MR) is 52.8 cm³/mol. The minimum absolute atomic E-state index is 0.0270. The van der Waals surface area contributed by atoms with Crippen molar-refractivity contribution in [2.24, 2.45) is 0 Å². The molecule has 74 valence electrons. The van der Waals surface area contributed by atoms with Crippen LogP contribution in [0.5, 0.6) is 0 Å². The van der Waals surface area contributed by atoms with Crippen molar-refractivity contribution in [1.29, 1.82) is 0 Å². The summed E-state index contributed by atoms with van der Waals surface area (Å²) in [5.41, 5.74) is 0. The first-order chi connectivity index (χ1) is 6.16. The van der Waals surface area contributed by atoms with Gasteiger partial charge < -0.3 is 10.2 Å². The van der Waals surface area contributed by atoms with Gasteiger partial charge in [0.15, 0.2) is 5.78 Å². The maximum Gasteiger partial charge on any atom is 0.220 e. The number of alkyl halides is 1. The normalized spacial score (nSPS) is 22.9. The number of amides is 1. The zero-order valence-corrected chi connectivity index (χ0v) is 9.13. The Bertz CT molecular complexity index is 220. The summed E-state index contributed by atoms with van der Waals surface area (Å²) in [7, 11) is 0. The van der Waals surface area contributed by atoms with Crippen molar-refractivity contribution in [3.8, 4) is 0 Å². The van der Waals surface area contributed by atoms with Crippen LogP contribution in [-0.4, -0.2) is 47.6 Å². The molecule has 5 heteroatoms. The van der Waals surface area contributed by atoms with Crippen LogP contribution in [0.25, 0.3) is 0 Å². The maximum absolute atomic E-state index is 11.4. The summed E-state index contributed by atoms with van der Waals surface area (Å²) in [4.78, 5) is 24.2. The van der Waals surface area contributed by atoms with Gasteiger partial charge in [-0.2, -0.15) is 0 Å². The summed E-state index contributed by atoms with van der Waals surface area (Å²) in [6.45, 7) is 3.47. The van der Waals surface area contributed by atoms with Crippen molar-refractivity contribution in [2.45, 2.75) is 13.0 Å². The first-order valence-electron chi connectivity index (χ1n) is 4.23. The molecule has 1 atom stereocenters. The molecule has 1 rings (SSSR count). The van der Waals surface area contributed by atoms with E-state index in [-0.39, 0.29) is 17.7 Å². The Kier molecular flexibility index (Phi) is 3.87. The van der Waals surface area contributed by atoms with Crippen LogP contribution in [0.2, 0.25) is 0 Å². The summed E-state index contributed by atoms with van der Waals surface area (Å²) < 4.78 is 0. The number of carbonyl (C=O) groups excluding carboxylic acids is 2. The highest BCUT2D eigenvalue weighted by Crippen LogP contribution is 2.06. The van der Waals surface area contributed by atoms with Gasteiger partial charge >= 0.3 is 0 Å². The van der Waals surface area contributed by atoms with E-state index in [0.29, 0.717) is 18.4 Å². The summed E-state index contributed by atoms with van der Waals surface area (Å²) in [6, 6.07) is -0.286. The lowest BCUT2D eigenvalue weighted by molar-refractivity contribution is -0.137. The molecule has 0 spiro atoms. The SMILES string of the molecule is CC(=O)N1CCNCC1C(=O)CBr. The van der Waals surface area contributed by atoms with E-state index in [1.54, 1.807) is 4.90 Å². The summed E-state index contributed by atoms with van der Waals surface area (Å²) >= 11 is 3.11. The van der Waals surface area contributed by atoms with E-state index < -0.39 is 0 Å². The monoisotopic (exact) mass is 248 g/mol. The minimum atomic E-state index is -0.286. The molecule has 1 aliphatic heterocycles. The van der Waals surface area contributed by atoms with Crippen molar-refractivity contribution >= 4 is 27.6 Å². The van der Waals surface area contributed by atoms with Gasteiger partial charge in [0.25, 0.3) is 0 Å². The van der Waals surface area contributed by atoms with Crippen LogP contribution in [0.1, 0.15) is 6.92 Å². The molecule has 4 nitrogen and oxygen atoms in total. The van der Waals surface area contributed by atoms with Gasteiger partial charge in [-0.15, -0.1) is 0 Å². The highest BCUT2D eigenvalue weighted by atomic mass is 79.9. The fraction of sp³-hybridized carbons (Fsp3) is 0.750. The lowest BCUT2D eigenvalue weighted by atomic mass is 10.1. The Balaban J connectivity index is 2.67. The molecule has 0 saturated carbocycles. The number of halogens is 1. The standard InChI is InChI=1S/C8H13BrN2O2/c1-6(12)11-3-2-10-5-7(11)8(13)4-9/h7,10H,2-5H2,1H3. The van der Waals surface area contributed by atoms with Crippen LogP contribution < -0.4 is 5.32 Å². The van der Waals surface area contributed by atoms with Crippen molar-refractivity contribution in [2.75, 3.05) is 25.0 Å². The predicted octanol–water partition coefficient (Wildman–Crippen LogP) is -0.229. The number of Topliss-reactive ketones (excluding diaryl/α,β-unsaturated/α-hetero) is 1. The second kappa shape index (κ2) is 4.72. The first kappa shape index (κ1) is 10.7. The molecule has 1 aliphatic rings. The van der Waals surface area contributed by atoms with Gasteiger partial charge in [-0.25, -0.2) is 0 Å². The fourth-order valence-corrected chi connectivity index (χ4v) is 1.83. The highest BCUT2D eigenvalue weighted by molar-refractivity contribution is 9.09. The van der Waals surface area contributed by atoms with Crippen LogP contribution in [0.15, 0.2) is 0 Å². The minimum Gasteiger partial charge on any atom is -0.330 e. The third-order valence-electron chi connectivity index (χ3n) is 2.15. The molecule has 1 unspecified atom stereocenters. The fourth-order valence-electron chi connectivity index (χ4n) is 1.46. The molecule has 1 fully saturated rings. The molecule has 0 aromatic carbocycles. The maximum atomic E-state index is 11.4. The number of carbonyl (C=O) groups is 2. The Morgan fingerprint density at radius 2 is 2.31 bits per heavy atom. The van der Waals surface area contributed by atoms with Gasteiger partial charge in [0.1, 0.15) is 6.04 Å². The number of rotatable bonds is 2. The van der Waals surface area contributed by atoms with Crippen LogP contribution in [0.4, 0.5) is 0 Å². The molecule has 0 aliphatic carbocycles. The van der Waals surface area contributed by atoms with Crippen LogP contribution in [0, 0.1) is 0 Å². The van der Waals surface area contributed by atoms with Gasteiger partial charge in [-0.1, -0.05) is 15.9 Å². The molecule has 1 N–H and O–H groups in total. The van der Waals surface area contributed by atoms with E-state index >= 15 is 0 Å². The summed E-state index contributed by atoms with van der Waals surface area (Å²) in [5, 5.41) is 3.41. The van der Waals surface area contributed by atoms with Crippen molar-refractivity contribution in [1.82, 2.24) is 10.2 Å². The molecule has 0 bridgehead atoms. The average Bonchev–Trinajstić information content (AvgIpc) is 2.16. The topological polar surface area (TPSA) is 49.4 Å². The quantitative estimate of drug-likeness (QED) is 0.688. The van der Waals surface area contributed by atoms with Gasteiger partial charge in [-0.05, 0) is 0 Å². The zero-order valence-electron chi connectivity index (χ0n) is 7.55. The van der Waals surface area contributed by atoms with E-state index in [0.717, 1.165) is 6.54 Å². The zero-order chi connectivity index (χ0) is 9.84. The lowest BCUT2D eigenvalue weighted by Crippen LogP contribution is -2.56. The second-order valence-electron chi connectivity index (χ2n) is 3.03. The average molecular weight is 249 g/mol. The first-order valence-corrected chi connectivity index (χ1v) is 5.35. The molecule has 1 saturated heterocycles. The van der Waals surface area contributed by atoms with Crippen molar-refractivity contribution in [3.63, 3.8) is 0 Å². The van der Waals surface area contributed by atoms with Gasteiger partial charge in [0.05, 0.1) is 5.33 Å². The number of nitrogens with zero attached hydrogens (tertiary/aromatic N) is 1. The number of nitrogens with one attached hydrogen (secondary N) is 1. The second-order valence-corrected chi connectivity index (χ2v) is 3.59. The van der Waals surface area contributed by atoms with Crippen molar-refractivity contribution < 1.29 is 9.59 Å². The van der Waals surface area contributed by atoms with Crippen LogP contribution in [-0.2, 0) is 9.59 Å². The largest absolute Gasteiger partial charge is 0.330 e. The third kappa shape index (κ3) is 2.51. The highest BCUT2D eigenvalue weighted by Gasteiger charge is 2.28. The molecular formula is C8H13BrN2O2. The van der Waals surface area contributed by atoms with Gasteiger partial charge in [-0.3, -0.25) is 9.59 Å². The Morgan fingerprint density at radius 1 is 1.62 bits per heavy atom. The van der Waals surface area contributed by atoms with E-state index in [9.17, 15) is 9.59 Å². The lowest BCUT2D eigenvalue weighted by Gasteiger charge is -2.34. The number of piperazine rings is 1. The van der Waals surface area contributed by atoms with Crippen molar-refractivity contribution in [3.05, 3.63) is 0 Å². The molecule has 0 radical (unpaired) electrons. The van der Waals surface area contributed by atoms with Crippen LogP contribution in [0.3, 0.4) is 0 Å². The Labute approximate surface area is 85.8 Å².